The average molecular weight is 630 g/mol. The van der Waals surface area contributed by atoms with Gasteiger partial charge in [-0.15, -0.1) is 0 Å². The normalized spacial score (nSPS) is 17.1. The minimum atomic E-state index is -1.47. The summed E-state index contributed by atoms with van der Waals surface area (Å²) in [4.78, 5) is 10.6. The van der Waals surface area contributed by atoms with Crippen LogP contribution in [-0.4, -0.2) is 98.5 Å². The van der Waals surface area contributed by atoms with Gasteiger partial charge in [0.1, 0.15) is 24.4 Å². The van der Waals surface area contributed by atoms with Crippen molar-refractivity contribution >= 4 is 49.9 Å². The van der Waals surface area contributed by atoms with E-state index in [2.05, 4.69) is 31.2 Å². The molecule has 2 heterocycles. The molecule has 0 saturated carbocycles. The summed E-state index contributed by atoms with van der Waals surface area (Å²) in [5, 5.41) is 46.2. The maximum Gasteiger partial charge on any atom is 0.164 e. The molecule has 0 amide bonds. The van der Waals surface area contributed by atoms with E-state index in [-0.39, 0.29) is 17.8 Å². The number of aliphatic hydroxyl groups excluding tert-OH is 4. The molecule has 0 spiro atoms. The van der Waals surface area contributed by atoms with Crippen LogP contribution >= 0.6 is 27.5 Å². The summed E-state index contributed by atoms with van der Waals surface area (Å²) in [5.74, 6) is 1.05. The van der Waals surface area contributed by atoms with E-state index < -0.39 is 31.0 Å². The number of hydrogen-bond donors (Lipinski definition) is 5. The first kappa shape index (κ1) is 31.2. The number of nitrogens with zero attached hydrogens (tertiary/aromatic N) is 3. The number of nitrogens with one attached hydrogen (secondary N) is 1. The van der Waals surface area contributed by atoms with Crippen LogP contribution in [0.2, 0.25) is 5.02 Å². The molecule has 4 atom stereocenters. The van der Waals surface area contributed by atoms with Gasteiger partial charge in [0.25, 0.3) is 0 Å². The third-order valence-corrected chi connectivity index (χ3v) is 7.97. The summed E-state index contributed by atoms with van der Waals surface area (Å²) in [5.41, 5.74) is 1.25. The number of halogens is 2. The van der Waals surface area contributed by atoms with Crippen molar-refractivity contribution in [1.82, 2.24) is 14.9 Å². The zero-order valence-electron chi connectivity index (χ0n) is 21.4. The minimum absolute atomic E-state index is 0. The Morgan fingerprint density at radius 2 is 1.77 bits per heavy atom. The molecule has 1 aliphatic rings. The average Bonchev–Trinajstić information content (AvgIpc) is 2.94. The highest BCUT2D eigenvalue weighted by molar-refractivity contribution is 9.10. The van der Waals surface area contributed by atoms with Gasteiger partial charge in [-0.05, 0) is 66.1 Å². The Balaban J connectivity index is 0.00000420. The highest BCUT2D eigenvalue weighted by Gasteiger charge is 2.37. The van der Waals surface area contributed by atoms with Crippen molar-refractivity contribution < 1.29 is 35.4 Å². The van der Waals surface area contributed by atoms with Crippen LogP contribution in [0.25, 0.3) is 10.9 Å². The van der Waals surface area contributed by atoms with Crippen LogP contribution in [0.15, 0.2) is 41.1 Å². The largest absolute Gasteiger partial charge is 0.493 e. The first-order chi connectivity index (χ1) is 18.4. The smallest absolute Gasteiger partial charge is 0.164 e. The number of likely N-dealkylation sites (tertiary alicyclic amines) is 1. The number of anilines is 2. The second kappa shape index (κ2) is 14.4. The molecule has 0 unspecified atom stereocenters. The molecule has 13 heteroatoms. The minimum Gasteiger partial charge on any atom is -0.493 e. The molecule has 3 aromatic rings. The number of ether oxygens (including phenoxy) is 2. The lowest BCUT2D eigenvalue weighted by atomic mass is 9.98. The van der Waals surface area contributed by atoms with Crippen molar-refractivity contribution in [3.8, 4) is 11.5 Å². The van der Waals surface area contributed by atoms with E-state index in [4.69, 9.17) is 21.1 Å². The molecular formula is C26H34BrClN4O7. The second-order valence-corrected chi connectivity index (χ2v) is 10.4. The third kappa shape index (κ3) is 7.27. The Kier molecular flexibility index (Phi) is 11.5. The van der Waals surface area contributed by atoms with Crippen LogP contribution in [0.1, 0.15) is 19.3 Å². The van der Waals surface area contributed by atoms with E-state index in [9.17, 15) is 20.4 Å². The summed E-state index contributed by atoms with van der Waals surface area (Å²) in [6, 6.07) is 8.06. The molecule has 1 fully saturated rings. The predicted molar refractivity (Wildman–Crippen MR) is 152 cm³/mol. The first-order valence-electron chi connectivity index (χ1n) is 12.4. The topological polar surface area (TPSA) is 172 Å². The molecule has 1 aromatic heterocycles. The van der Waals surface area contributed by atoms with Crippen LogP contribution in [0.5, 0.6) is 11.5 Å². The van der Waals surface area contributed by atoms with Gasteiger partial charge in [0.2, 0.25) is 0 Å². The van der Waals surface area contributed by atoms with Crippen molar-refractivity contribution in [2.45, 2.75) is 43.6 Å². The Bertz CT molecular complexity index is 1230. The highest BCUT2D eigenvalue weighted by Crippen LogP contribution is 2.36. The summed E-state index contributed by atoms with van der Waals surface area (Å²) in [6.07, 6.45) is 0.423. The molecule has 39 heavy (non-hydrogen) atoms. The lowest BCUT2D eigenvalue weighted by Gasteiger charge is -2.39. The van der Waals surface area contributed by atoms with Gasteiger partial charge in [0.15, 0.2) is 17.6 Å². The van der Waals surface area contributed by atoms with Gasteiger partial charge in [-0.2, -0.15) is 0 Å². The summed E-state index contributed by atoms with van der Waals surface area (Å²) in [6.45, 7) is 0.547. The Morgan fingerprint density at radius 1 is 1.03 bits per heavy atom. The Hall–Kier alpha value is -2.29. The van der Waals surface area contributed by atoms with Crippen molar-refractivity contribution in [1.29, 1.82) is 0 Å². The molecule has 4 rings (SSSR count). The second-order valence-electron chi connectivity index (χ2n) is 9.16. The molecule has 0 bridgehead atoms. The van der Waals surface area contributed by atoms with E-state index >= 15 is 0 Å². The van der Waals surface area contributed by atoms with Gasteiger partial charge in [-0.3, -0.25) is 4.90 Å². The fourth-order valence-electron chi connectivity index (χ4n) is 4.64. The number of piperidine rings is 1. The van der Waals surface area contributed by atoms with Crippen molar-refractivity contribution in [2.24, 2.45) is 0 Å². The van der Waals surface area contributed by atoms with Gasteiger partial charge in [0.05, 0.1) is 36.9 Å². The molecular weight excluding hydrogens is 596 g/mol. The van der Waals surface area contributed by atoms with Gasteiger partial charge < -0.3 is 40.7 Å². The first-order valence-corrected chi connectivity index (χ1v) is 13.6. The van der Waals surface area contributed by atoms with Gasteiger partial charge >= 0.3 is 0 Å². The molecule has 0 radical (unpaired) electrons. The number of fused-ring (bicyclic) bond motifs is 1. The monoisotopic (exact) mass is 628 g/mol. The molecule has 214 valence electrons. The van der Waals surface area contributed by atoms with E-state index in [1.165, 1.54) is 13.4 Å². The fourth-order valence-corrected chi connectivity index (χ4v) is 5.07. The van der Waals surface area contributed by atoms with Crippen molar-refractivity contribution in [3.05, 3.63) is 46.2 Å². The van der Waals surface area contributed by atoms with Crippen LogP contribution in [0, 0.1) is 0 Å². The lowest BCUT2D eigenvalue weighted by molar-refractivity contribution is -0.105. The molecule has 0 aliphatic carbocycles. The van der Waals surface area contributed by atoms with E-state index in [1.54, 1.807) is 18.2 Å². The SMILES string of the molecule is COc1cc2c(Nc3ccc(Br)c(Cl)c3)ncnc2cc1O[C@H](CO)[C@H](O)[C@@H](O)[C@@H](CO)N1CCCCC1.O. The quantitative estimate of drug-likeness (QED) is 0.212. The van der Waals surface area contributed by atoms with Gasteiger partial charge in [0, 0.05) is 21.6 Å². The molecule has 1 aliphatic heterocycles. The van der Waals surface area contributed by atoms with Gasteiger partial charge in [-0.1, -0.05) is 18.0 Å². The zero-order valence-corrected chi connectivity index (χ0v) is 23.8. The number of methoxy groups -OCH3 is 1. The number of rotatable bonds is 11. The van der Waals surface area contributed by atoms with E-state index in [0.717, 1.165) is 42.5 Å². The number of aromatic nitrogens is 2. The number of benzene rings is 2. The number of aliphatic hydroxyl groups is 4. The number of hydrogen-bond acceptors (Lipinski definition) is 10. The van der Waals surface area contributed by atoms with Crippen LogP contribution in [0.3, 0.4) is 0 Å². The maximum atomic E-state index is 10.9. The summed E-state index contributed by atoms with van der Waals surface area (Å²) in [7, 11) is 1.47. The lowest BCUT2D eigenvalue weighted by Crippen LogP contribution is -2.56. The Morgan fingerprint density at radius 3 is 2.41 bits per heavy atom. The maximum absolute atomic E-state index is 10.9. The van der Waals surface area contributed by atoms with Crippen LogP contribution in [-0.2, 0) is 0 Å². The molecule has 7 N–H and O–H groups in total. The molecule has 2 aromatic carbocycles. The predicted octanol–water partition coefficient (Wildman–Crippen LogP) is 2.28. The fraction of sp³-hybridized carbons (Fsp3) is 0.462. The third-order valence-electron chi connectivity index (χ3n) is 6.73. The standard InChI is InChI=1S/C26H32BrClN4O6.H2O/c1-37-21-10-16-19(29-14-30-26(16)31-15-5-6-17(27)18(28)9-15)11-22(21)38-23(13-34)25(36)24(35)20(12-33)32-7-3-2-4-8-32;/h5-6,9-11,14,20,23-25,33-36H,2-4,7-8,12-13H2,1H3,(H,29,30,31);1H2/t20-,23-,24+,25+;/m1./s1. The Labute approximate surface area is 239 Å². The zero-order chi connectivity index (χ0) is 27.2. The highest BCUT2D eigenvalue weighted by atomic mass is 79.9. The van der Waals surface area contributed by atoms with E-state index in [1.807, 2.05) is 17.0 Å². The molecule has 11 nitrogen and oxygen atoms in total. The molecule has 1 saturated heterocycles. The van der Waals surface area contributed by atoms with Crippen LogP contribution in [0.4, 0.5) is 11.5 Å². The van der Waals surface area contributed by atoms with Gasteiger partial charge in [-0.25, -0.2) is 9.97 Å². The summed E-state index contributed by atoms with van der Waals surface area (Å²) < 4.78 is 12.3. The van der Waals surface area contributed by atoms with Crippen molar-refractivity contribution in [3.63, 3.8) is 0 Å². The van der Waals surface area contributed by atoms with E-state index in [0.29, 0.717) is 27.5 Å². The van der Waals surface area contributed by atoms with Crippen LogP contribution < -0.4 is 14.8 Å². The summed E-state index contributed by atoms with van der Waals surface area (Å²) >= 11 is 9.59. The van der Waals surface area contributed by atoms with Crippen molar-refractivity contribution in [2.75, 3.05) is 38.7 Å².